The number of guanidine groups is 1. The lowest BCUT2D eigenvalue weighted by Gasteiger charge is -2.31. The van der Waals surface area contributed by atoms with Gasteiger partial charge in [-0.15, -0.1) is 41.9 Å². The molecule has 1 unspecified atom stereocenters. The Morgan fingerprint density at radius 1 is 1.52 bits per heavy atom. The summed E-state index contributed by atoms with van der Waals surface area (Å²) in [7, 11) is 0. The van der Waals surface area contributed by atoms with Crippen LogP contribution in [0.4, 0.5) is 0 Å². The van der Waals surface area contributed by atoms with Crippen molar-refractivity contribution >= 4 is 41.3 Å². The molecule has 1 aliphatic heterocycles. The molecule has 23 heavy (non-hydrogen) atoms. The van der Waals surface area contributed by atoms with Gasteiger partial charge in [-0.2, -0.15) is 0 Å². The third-order valence-electron chi connectivity index (χ3n) is 3.83. The van der Waals surface area contributed by atoms with Crippen LogP contribution in [-0.2, 0) is 6.54 Å². The summed E-state index contributed by atoms with van der Waals surface area (Å²) in [4.78, 5) is 8.76. The zero-order valence-electron chi connectivity index (χ0n) is 14.0. The Morgan fingerprint density at radius 2 is 2.39 bits per heavy atom. The fraction of sp³-hybridized carbons (Fsp3) is 0.588. The molecule has 1 fully saturated rings. The van der Waals surface area contributed by atoms with Gasteiger partial charge in [0.05, 0.1) is 0 Å². The van der Waals surface area contributed by atoms with Crippen molar-refractivity contribution in [1.29, 1.82) is 0 Å². The van der Waals surface area contributed by atoms with Crippen LogP contribution in [-0.4, -0.2) is 43.6 Å². The number of piperidine rings is 1. The molecule has 1 aromatic heterocycles. The Hall–Kier alpha value is -0.600. The van der Waals surface area contributed by atoms with Crippen LogP contribution in [0.1, 0.15) is 24.6 Å². The molecule has 0 amide bonds. The zero-order chi connectivity index (χ0) is 15.6. The van der Waals surface area contributed by atoms with Crippen molar-refractivity contribution in [3.63, 3.8) is 0 Å². The molecule has 1 aromatic rings. The normalized spacial score (nSPS) is 19.0. The molecular weight excluding hydrogens is 419 g/mol. The van der Waals surface area contributed by atoms with E-state index in [2.05, 4.69) is 46.5 Å². The molecule has 2 heterocycles. The molecule has 6 heteroatoms. The largest absolute Gasteiger partial charge is 0.357 e. The maximum Gasteiger partial charge on any atom is 0.191 e. The minimum Gasteiger partial charge on any atom is -0.357 e. The Labute approximate surface area is 161 Å². The monoisotopic (exact) mass is 448 g/mol. The lowest BCUT2D eigenvalue weighted by atomic mass is 9.98. The first-order valence-electron chi connectivity index (χ1n) is 8.19. The van der Waals surface area contributed by atoms with Crippen LogP contribution < -0.4 is 10.6 Å². The van der Waals surface area contributed by atoms with E-state index in [4.69, 9.17) is 4.99 Å². The summed E-state index contributed by atoms with van der Waals surface area (Å²) >= 11 is 1.85. The van der Waals surface area contributed by atoms with Crippen molar-refractivity contribution in [2.45, 2.75) is 26.3 Å². The Morgan fingerprint density at radius 3 is 3.09 bits per heavy atom. The highest BCUT2D eigenvalue weighted by Gasteiger charge is 2.20. The second-order valence-electron chi connectivity index (χ2n) is 5.71. The van der Waals surface area contributed by atoms with Crippen molar-refractivity contribution in [2.75, 3.05) is 32.7 Å². The minimum atomic E-state index is 0. The highest BCUT2D eigenvalue weighted by atomic mass is 127. The number of rotatable bonds is 7. The molecule has 130 valence electrons. The highest BCUT2D eigenvalue weighted by molar-refractivity contribution is 14.0. The van der Waals surface area contributed by atoms with E-state index in [0.717, 1.165) is 38.7 Å². The van der Waals surface area contributed by atoms with Gasteiger partial charge in [0.15, 0.2) is 5.96 Å². The van der Waals surface area contributed by atoms with Crippen molar-refractivity contribution in [3.8, 4) is 0 Å². The Balaban J connectivity index is 0.00000264. The molecule has 2 rings (SSSR count). The maximum absolute atomic E-state index is 4.73. The van der Waals surface area contributed by atoms with Gasteiger partial charge in [0.25, 0.3) is 0 Å². The van der Waals surface area contributed by atoms with E-state index >= 15 is 0 Å². The Bertz CT molecular complexity index is 461. The summed E-state index contributed by atoms with van der Waals surface area (Å²) in [5.41, 5.74) is 0. The molecule has 0 spiro atoms. The van der Waals surface area contributed by atoms with Crippen molar-refractivity contribution in [1.82, 2.24) is 15.5 Å². The first-order chi connectivity index (χ1) is 10.8. The van der Waals surface area contributed by atoms with Gasteiger partial charge < -0.3 is 10.6 Å². The summed E-state index contributed by atoms with van der Waals surface area (Å²) in [6, 6.07) is 4.37. The van der Waals surface area contributed by atoms with Gasteiger partial charge in [-0.05, 0) is 43.7 Å². The van der Waals surface area contributed by atoms with E-state index in [1.54, 1.807) is 0 Å². The SMILES string of the molecule is C=CCNC(=NCC1CCCN(Cc2cccs2)C1)NCC.I. The van der Waals surface area contributed by atoms with Gasteiger partial charge in [-0.3, -0.25) is 9.89 Å². The molecule has 0 aromatic carbocycles. The summed E-state index contributed by atoms with van der Waals surface area (Å²) in [5.74, 6) is 1.56. The van der Waals surface area contributed by atoms with E-state index in [9.17, 15) is 0 Å². The summed E-state index contributed by atoms with van der Waals surface area (Å²) < 4.78 is 0. The lowest BCUT2D eigenvalue weighted by Crippen LogP contribution is -2.39. The Kier molecular flexibility index (Phi) is 10.5. The smallest absolute Gasteiger partial charge is 0.191 e. The van der Waals surface area contributed by atoms with Crippen LogP contribution >= 0.6 is 35.3 Å². The zero-order valence-corrected chi connectivity index (χ0v) is 17.1. The van der Waals surface area contributed by atoms with Crippen LogP contribution in [0, 0.1) is 5.92 Å². The molecule has 0 aliphatic carbocycles. The molecule has 0 saturated carbocycles. The third kappa shape index (κ3) is 7.67. The van der Waals surface area contributed by atoms with Crippen molar-refractivity contribution < 1.29 is 0 Å². The van der Waals surface area contributed by atoms with Crippen LogP contribution in [0.25, 0.3) is 0 Å². The standard InChI is InChI=1S/C17H28N4S.HI/c1-3-9-19-17(18-4-2)20-12-15-7-5-10-21(13-15)14-16-8-6-11-22-16;/h3,6,8,11,15H,1,4-5,7,9-10,12-14H2,2H3,(H2,18,19,20);1H. The van der Waals surface area contributed by atoms with E-state index in [-0.39, 0.29) is 24.0 Å². The first kappa shape index (κ1) is 20.4. The first-order valence-corrected chi connectivity index (χ1v) is 9.07. The number of thiophene rings is 1. The van der Waals surface area contributed by atoms with Crippen molar-refractivity contribution in [3.05, 3.63) is 35.0 Å². The second kappa shape index (κ2) is 11.9. The number of nitrogens with zero attached hydrogens (tertiary/aromatic N) is 2. The number of aliphatic imine (C=N–C) groups is 1. The molecule has 0 bridgehead atoms. The second-order valence-corrected chi connectivity index (χ2v) is 6.74. The molecule has 1 aliphatic rings. The van der Waals surface area contributed by atoms with Gasteiger partial charge in [0.1, 0.15) is 0 Å². The van der Waals surface area contributed by atoms with E-state index in [0.29, 0.717) is 5.92 Å². The topological polar surface area (TPSA) is 39.7 Å². The molecular formula is C17H29IN4S. The van der Waals surface area contributed by atoms with Crippen LogP contribution in [0.3, 0.4) is 0 Å². The fourth-order valence-electron chi connectivity index (χ4n) is 2.80. The van der Waals surface area contributed by atoms with Crippen LogP contribution in [0.15, 0.2) is 35.2 Å². The van der Waals surface area contributed by atoms with Crippen molar-refractivity contribution in [2.24, 2.45) is 10.9 Å². The molecule has 1 atom stereocenters. The summed E-state index contributed by atoms with van der Waals surface area (Å²) in [6.45, 7) is 11.8. The molecule has 4 nitrogen and oxygen atoms in total. The van der Waals surface area contributed by atoms with Crippen LogP contribution in [0.2, 0.25) is 0 Å². The predicted octanol–water partition coefficient (Wildman–Crippen LogP) is 3.32. The van der Waals surface area contributed by atoms with Gasteiger partial charge in [0, 0.05) is 37.6 Å². The average Bonchev–Trinajstić information content (AvgIpc) is 3.03. The maximum atomic E-state index is 4.73. The van der Waals surface area contributed by atoms with E-state index in [1.807, 2.05) is 17.4 Å². The third-order valence-corrected chi connectivity index (χ3v) is 4.69. The van der Waals surface area contributed by atoms with Gasteiger partial charge in [-0.1, -0.05) is 12.1 Å². The van der Waals surface area contributed by atoms with E-state index in [1.165, 1.54) is 24.3 Å². The molecule has 1 saturated heterocycles. The summed E-state index contributed by atoms with van der Waals surface area (Å²) in [5, 5.41) is 8.71. The quantitative estimate of drug-likeness (QED) is 0.291. The summed E-state index contributed by atoms with van der Waals surface area (Å²) in [6.07, 6.45) is 4.42. The average molecular weight is 448 g/mol. The lowest BCUT2D eigenvalue weighted by molar-refractivity contribution is 0.172. The predicted molar refractivity (Wildman–Crippen MR) is 112 cm³/mol. The number of hydrogen-bond acceptors (Lipinski definition) is 3. The highest BCUT2D eigenvalue weighted by Crippen LogP contribution is 2.20. The number of nitrogens with one attached hydrogen (secondary N) is 2. The van der Waals surface area contributed by atoms with Crippen LogP contribution in [0.5, 0.6) is 0 Å². The number of hydrogen-bond donors (Lipinski definition) is 2. The number of halogens is 1. The van der Waals surface area contributed by atoms with Gasteiger partial charge in [-0.25, -0.2) is 0 Å². The number of likely N-dealkylation sites (tertiary alicyclic amines) is 1. The minimum absolute atomic E-state index is 0. The van der Waals surface area contributed by atoms with Gasteiger partial charge >= 0.3 is 0 Å². The molecule has 0 radical (unpaired) electrons. The van der Waals surface area contributed by atoms with Gasteiger partial charge in [0.2, 0.25) is 0 Å². The molecule has 2 N–H and O–H groups in total. The van der Waals surface area contributed by atoms with E-state index < -0.39 is 0 Å². The fourth-order valence-corrected chi connectivity index (χ4v) is 3.54.